The van der Waals surface area contributed by atoms with Crippen LogP contribution in [0.5, 0.6) is 0 Å². The van der Waals surface area contributed by atoms with Crippen LogP contribution < -0.4 is 10.6 Å². The fourth-order valence-corrected chi connectivity index (χ4v) is 1.60. The van der Waals surface area contributed by atoms with Crippen LogP contribution in [0.2, 0.25) is 0 Å². The lowest BCUT2D eigenvalue weighted by molar-refractivity contribution is 0.234. The Morgan fingerprint density at radius 1 is 1.64 bits per heavy atom. The molecule has 3 N–H and O–H groups in total. The molecule has 0 aliphatic heterocycles. The fourth-order valence-electron chi connectivity index (χ4n) is 0.871. The molecule has 0 bridgehead atoms. The van der Waals surface area contributed by atoms with Gasteiger partial charge in [0.25, 0.3) is 0 Å². The summed E-state index contributed by atoms with van der Waals surface area (Å²) in [5, 5.41) is 14.4. The van der Waals surface area contributed by atoms with Gasteiger partial charge in [-0.25, -0.2) is 9.78 Å². The third-order valence-corrected chi connectivity index (χ3v) is 2.38. The predicted octanol–water partition coefficient (Wildman–Crippen LogP) is 0.243. The minimum atomic E-state index is -0.285. The molecule has 0 unspecified atom stereocenters. The number of nitrogens with one attached hydrogen (secondary N) is 2. The molecule has 0 aliphatic carbocycles. The molecule has 0 atom stereocenters. The van der Waals surface area contributed by atoms with Gasteiger partial charge in [-0.1, -0.05) is 0 Å². The Labute approximate surface area is 86.2 Å². The standard InChI is InChI=1S/C8H13N3O2S/c1-6-4-10-7(14-6)5-11-8(13)9-2-3-12/h4,12H,2-3,5H2,1H3,(H2,9,11,13). The Kier molecular flexibility index (Phi) is 4.34. The van der Waals surface area contributed by atoms with E-state index in [0.29, 0.717) is 6.54 Å². The summed E-state index contributed by atoms with van der Waals surface area (Å²) in [7, 11) is 0. The molecule has 1 aromatic heterocycles. The van der Waals surface area contributed by atoms with Gasteiger partial charge in [0, 0.05) is 17.6 Å². The minimum Gasteiger partial charge on any atom is -0.395 e. The summed E-state index contributed by atoms with van der Waals surface area (Å²) in [6, 6.07) is -0.285. The van der Waals surface area contributed by atoms with Crippen LogP contribution in [0.4, 0.5) is 4.79 Å². The third-order valence-electron chi connectivity index (χ3n) is 1.47. The van der Waals surface area contributed by atoms with Crippen molar-refractivity contribution >= 4 is 17.4 Å². The van der Waals surface area contributed by atoms with Crippen molar-refractivity contribution in [1.29, 1.82) is 0 Å². The molecular formula is C8H13N3O2S. The van der Waals surface area contributed by atoms with Crippen molar-refractivity contribution in [3.05, 3.63) is 16.1 Å². The van der Waals surface area contributed by atoms with Gasteiger partial charge in [-0.2, -0.15) is 0 Å². The zero-order valence-corrected chi connectivity index (χ0v) is 8.73. The quantitative estimate of drug-likeness (QED) is 0.673. The molecule has 0 aromatic carbocycles. The molecule has 14 heavy (non-hydrogen) atoms. The fraction of sp³-hybridized carbons (Fsp3) is 0.500. The number of amides is 2. The van der Waals surface area contributed by atoms with E-state index in [4.69, 9.17) is 5.11 Å². The number of aromatic nitrogens is 1. The lowest BCUT2D eigenvalue weighted by Crippen LogP contribution is -2.36. The number of carbonyl (C=O) groups excluding carboxylic acids is 1. The van der Waals surface area contributed by atoms with Crippen LogP contribution in [0.25, 0.3) is 0 Å². The number of hydrogen-bond acceptors (Lipinski definition) is 4. The van der Waals surface area contributed by atoms with Crippen molar-refractivity contribution in [2.45, 2.75) is 13.5 Å². The Morgan fingerprint density at radius 3 is 3.00 bits per heavy atom. The van der Waals surface area contributed by atoms with E-state index in [2.05, 4.69) is 15.6 Å². The van der Waals surface area contributed by atoms with Crippen molar-refractivity contribution in [2.24, 2.45) is 0 Å². The minimum absolute atomic E-state index is 0.0518. The zero-order valence-electron chi connectivity index (χ0n) is 7.91. The maximum atomic E-state index is 11.0. The number of aryl methyl sites for hydroxylation is 1. The average molecular weight is 215 g/mol. The highest BCUT2D eigenvalue weighted by molar-refractivity contribution is 7.11. The van der Waals surface area contributed by atoms with Gasteiger partial charge < -0.3 is 15.7 Å². The molecule has 6 heteroatoms. The summed E-state index contributed by atoms with van der Waals surface area (Å²) in [5.41, 5.74) is 0. The lowest BCUT2D eigenvalue weighted by atomic mass is 10.6. The third kappa shape index (κ3) is 3.71. The Hall–Kier alpha value is -1.14. The van der Waals surface area contributed by atoms with Gasteiger partial charge in [-0.05, 0) is 6.92 Å². The summed E-state index contributed by atoms with van der Waals surface area (Å²) < 4.78 is 0. The molecule has 0 saturated carbocycles. The number of hydrogen-bond donors (Lipinski definition) is 3. The molecule has 0 aliphatic rings. The second-order valence-corrected chi connectivity index (χ2v) is 4.02. The van der Waals surface area contributed by atoms with E-state index in [-0.39, 0.29) is 19.2 Å². The molecule has 0 spiro atoms. The normalized spacial score (nSPS) is 9.86. The van der Waals surface area contributed by atoms with Crippen molar-refractivity contribution in [2.75, 3.05) is 13.2 Å². The van der Waals surface area contributed by atoms with Crippen LogP contribution in [0, 0.1) is 6.92 Å². The van der Waals surface area contributed by atoms with E-state index in [0.717, 1.165) is 9.88 Å². The van der Waals surface area contributed by atoms with E-state index in [9.17, 15) is 4.79 Å². The summed E-state index contributed by atoms with van der Waals surface area (Å²) in [4.78, 5) is 16.2. The number of nitrogens with zero attached hydrogens (tertiary/aromatic N) is 1. The van der Waals surface area contributed by atoms with Crippen molar-refractivity contribution < 1.29 is 9.90 Å². The van der Waals surface area contributed by atoms with E-state index in [1.165, 1.54) is 0 Å². The second-order valence-electron chi connectivity index (χ2n) is 2.70. The number of carbonyl (C=O) groups is 1. The first-order chi connectivity index (χ1) is 6.72. The van der Waals surface area contributed by atoms with Crippen molar-refractivity contribution in [3.63, 3.8) is 0 Å². The molecule has 2 amide bonds. The first kappa shape index (κ1) is 10.9. The molecule has 1 rings (SSSR count). The summed E-state index contributed by atoms with van der Waals surface area (Å²) in [6.45, 7) is 2.61. The van der Waals surface area contributed by atoms with E-state index >= 15 is 0 Å². The monoisotopic (exact) mass is 215 g/mol. The maximum Gasteiger partial charge on any atom is 0.315 e. The van der Waals surface area contributed by atoms with Crippen LogP contribution in [-0.2, 0) is 6.54 Å². The summed E-state index contributed by atoms with van der Waals surface area (Å²) in [5.74, 6) is 0. The first-order valence-corrected chi connectivity index (χ1v) is 5.08. The summed E-state index contributed by atoms with van der Waals surface area (Å²) >= 11 is 1.55. The van der Waals surface area contributed by atoms with Crippen molar-refractivity contribution in [3.8, 4) is 0 Å². The Bertz CT molecular complexity index is 301. The van der Waals surface area contributed by atoms with Crippen LogP contribution in [0.15, 0.2) is 6.20 Å². The van der Waals surface area contributed by atoms with E-state index < -0.39 is 0 Å². The maximum absolute atomic E-state index is 11.0. The Balaban J connectivity index is 2.23. The predicted molar refractivity (Wildman–Crippen MR) is 54.2 cm³/mol. The largest absolute Gasteiger partial charge is 0.395 e. The smallest absolute Gasteiger partial charge is 0.315 e. The van der Waals surface area contributed by atoms with Gasteiger partial charge in [-0.3, -0.25) is 0 Å². The molecule has 78 valence electrons. The lowest BCUT2D eigenvalue weighted by Gasteiger charge is -2.03. The second kappa shape index (κ2) is 5.56. The van der Waals surface area contributed by atoms with Crippen LogP contribution >= 0.6 is 11.3 Å². The van der Waals surface area contributed by atoms with Gasteiger partial charge >= 0.3 is 6.03 Å². The van der Waals surface area contributed by atoms with E-state index in [1.54, 1.807) is 17.5 Å². The number of rotatable bonds is 4. The number of aliphatic hydroxyl groups is 1. The molecule has 1 aromatic rings. The topological polar surface area (TPSA) is 74.2 Å². The SMILES string of the molecule is Cc1cnc(CNC(=O)NCCO)s1. The number of aliphatic hydroxyl groups excluding tert-OH is 1. The Morgan fingerprint density at radius 2 is 2.43 bits per heavy atom. The molecule has 1 heterocycles. The highest BCUT2D eigenvalue weighted by atomic mass is 32.1. The van der Waals surface area contributed by atoms with E-state index in [1.807, 2.05) is 6.92 Å². The molecule has 0 fully saturated rings. The van der Waals surface area contributed by atoms with Gasteiger partial charge in [-0.15, -0.1) is 11.3 Å². The van der Waals surface area contributed by atoms with Gasteiger partial charge in [0.1, 0.15) is 5.01 Å². The van der Waals surface area contributed by atoms with Gasteiger partial charge in [0.15, 0.2) is 0 Å². The van der Waals surface area contributed by atoms with Crippen LogP contribution in [0.1, 0.15) is 9.88 Å². The molecule has 0 saturated heterocycles. The highest BCUT2D eigenvalue weighted by Crippen LogP contribution is 2.10. The van der Waals surface area contributed by atoms with Gasteiger partial charge in [0.2, 0.25) is 0 Å². The van der Waals surface area contributed by atoms with Crippen molar-refractivity contribution in [1.82, 2.24) is 15.6 Å². The number of thiazole rings is 1. The average Bonchev–Trinajstić information content (AvgIpc) is 2.58. The number of urea groups is 1. The molecule has 0 radical (unpaired) electrons. The van der Waals surface area contributed by atoms with Crippen LogP contribution in [-0.4, -0.2) is 29.3 Å². The zero-order chi connectivity index (χ0) is 10.4. The highest BCUT2D eigenvalue weighted by Gasteiger charge is 2.01. The van der Waals surface area contributed by atoms with Gasteiger partial charge in [0.05, 0.1) is 13.2 Å². The molecule has 5 nitrogen and oxygen atoms in total. The van der Waals surface area contributed by atoms with Crippen LogP contribution in [0.3, 0.4) is 0 Å². The molecular weight excluding hydrogens is 202 g/mol. The first-order valence-electron chi connectivity index (χ1n) is 4.26. The summed E-state index contributed by atoms with van der Waals surface area (Å²) in [6.07, 6.45) is 1.77.